The fourth-order valence-corrected chi connectivity index (χ4v) is 3.78. The molecule has 1 aromatic carbocycles. The number of carbonyl (C=O) groups excluding carboxylic acids is 3. The molecule has 1 aliphatic rings. The van der Waals surface area contributed by atoms with Gasteiger partial charge in [0.2, 0.25) is 11.8 Å². The molecule has 170 valence electrons. The predicted molar refractivity (Wildman–Crippen MR) is 124 cm³/mol. The van der Waals surface area contributed by atoms with Crippen molar-refractivity contribution in [1.82, 2.24) is 20.0 Å². The third kappa shape index (κ3) is 4.64. The zero-order chi connectivity index (χ0) is 24.1. The van der Waals surface area contributed by atoms with Crippen molar-refractivity contribution in [2.24, 2.45) is 12.5 Å². The molecule has 0 radical (unpaired) electrons. The number of nitrogens with zero attached hydrogens (tertiary/aromatic N) is 2. The number of carbonyl (C=O) groups is 3. The van der Waals surface area contributed by atoms with Gasteiger partial charge in [0.15, 0.2) is 0 Å². The zero-order valence-electron chi connectivity index (χ0n) is 19.0. The normalized spacial score (nSPS) is 14.8. The van der Waals surface area contributed by atoms with Crippen LogP contribution in [0.15, 0.2) is 60.4 Å². The van der Waals surface area contributed by atoms with Gasteiger partial charge in [-0.2, -0.15) is 0 Å². The Bertz CT molecular complexity index is 1060. The van der Waals surface area contributed by atoms with Crippen LogP contribution in [-0.2, 0) is 16.6 Å². The second-order valence-corrected chi connectivity index (χ2v) is 7.93. The third-order valence-electron chi connectivity index (χ3n) is 5.49. The standard InChI is InChI=1S/C14H18N2O.C10H12N2O3/c1-10(2)13-11(3)15(4)16(14(13)17)12-8-6-5-7-9-12;1-3-5-10(6-4-2)7(13)11-9(15)12-8(10)14/h5-10H,1-4H3;3-4H,1-2,5-6H2,(H2,11,12,13,14,15). The minimum absolute atomic E-state index is 0.0891. The monoisotopic (exact) mass is 438 g/mol. The van der Waals surface area contributed by atoms with E-state index < -0.39 is 23.3 Å². The smallest absolute Gasteiger partial charge is 0.285 e. The van der Waals surface area contributed by atoms with Crippen molar-refractivity contribution < 1.29 is 14.4 Å². The first kappa shape index (κ1) is 24.6. The van der Waals surface area contributed by atoms with E-state index >= 15 is 0 Å². The fourth-order valence-electron chi connectivity index (χ4n) is 3.78. The minimum Gasteiger partial charge on any atom is -0.285 e. The summed E-state index contributed by atoms with van der Waals surface area (Å²) in [6.07, 6.45) is 3.28. The van der Waals surface area contributed by atoms with Crippen LogP contribution < -0.4 is 16.2 Å². The van der Waals surface area contributed by atoms with E-state index in [1.807, 2.05) is 49.0 Å². The molecule has 0 unspecified atom stereocenters. The molecule has 4 amide bonds. The summed E-state index contributed by atoms with van der Waals surface area (Å²) in [5, 5.41) is 4.13. The predicted octanol–water partition coefficient (Wildman–Crippen LogP) is 3.10. The highest BCUT2D eigenvalue weighted by atomic mass is 16.2. The zero-order valence-corrected chi connectivity index (χ0v) is 19.0. The molecule has 2 aromatic rings. The van der Waals surface area contributed by atoms with Gasteiger partial charge in [-0.05, 0) is 37.8 Å². The van der Waals surface area contributed by atoms with Gasteiger partial charge >= 0.3 is 6.03 Å². The number of benzene rings is 1. The Morgan fingerprint density at radius 3 is 1.88 bits per heavy atom. The highest BCUT2D eigenvalue weighted by Crippen LogP contribution is 2.30. The molecule has 8 heteroatoms. The number of urea groups is 1. The molecule has 1 saturated heterocycles. The van der Waals surface area contributed by atoms with Crippen LogP contribution in [0, 0.1) is 12.3 Å². The second kappa shape index (κ2) is 10.1. The number of para-hydroxylation sites is 1. The molecular formula is C24H30N4O4. The van der Waals surface area contributed by atoms with E-state index in [0.717, 1.165) is 16.9 Å². The lowest BCUT2D eigenvalue weighted by molar-refractivity contribution is -0.144. The summed E-state index contributed by atoms with van der Waals surface area (Å²) in [6, 6.07) is 8.95. The first-order valence-electron chi connectivity index (χ1n) is 10.3. The van der Waals surface area contributed by atoms with E-state index in [4.69, 9.17) is 0 Å². The van der Waals surface area contributed by atoms with Crippen LogP contribution in [-0.4, -0.2) is 27.2 Å². The van der Waals surface area contributed by atoms with Crippen molar-refractivity contribution in [3.8, 4) is 5.69 Å². The van der Waals surface area contributed by atoms with Gasteiger partial charge in [-0.15, -0.1) is 13.2 Å². The Morgan fingerprint density at radius 1 is 0.969 bits per heavy atom. The van der Waals surface area contributed by atoms with Crippen molar-refractivity contribution in [3.05, 3.63) is 77.3 Å². The molecule has 1 fully saturated rings. The Kier molecular flexibility index (Phi) is 7.75. The van der Waals surface area contributed by atoms with Crippen LogP contribution in [0.5, 0.6) is 0 Å². The van der Waals surface area contributed by atoms with Gasteiger partial charge in [0, 0.05) is 18.3 Å². The van der Waals surface area contributed by atoms with Crippen molar-refractivity contribution in [2.75, 3.05) is 0 Å². The third-order valence-corrected chi connectivity index (χ3v) is 5.49. The molecule has 0 bridgehead atoms. The molecule has 1 aliphatic heterocycles. The van der Waals surface area contributed by atoms with E-state index in [-0.39, 0.29) is 24.3 Å². The average molecular weight is 439 g/mol. The van der Waals surface area contributed by atoms with Gasteiger partial charge in [0.1, 0.15) is 5.41 Å². The summed E-state index contributed by atoms with van der Waals surface area (Å²) in [5.74, 6) is -0.953. The van der Waals surface area contributed by atoms with Gasteiger partial charge in [-0.25, -0.2) is 9.48 Å². The van der Waals surface area contributed by atoms with Crippen molar-refractivity contribution >= 4 is 17.8 Å². The molecule has 0 aliphatic carbocycles. The van der Waals surface area contributed by atoms with Gasteiger partial charge in [-0.3, -0.25) is 29.7 Å². The van der Waals surface area contributed by atoms with Gasteiger partial charge in [0.25, 0.3) is 5.56 Å². The first-order chi connectivity index (χ1) is 15.1. The molecular weight excluding hydrogens is 408 g/mol. The lowest BCUT2D eigenvalue weighted by Gasteiger charge is -2.32. The second-order valence-electron chi connectivity index (χ2n) is 7.93. The quantitative estimate of drug-likeness (QED) is 0.534. The van der Waals surface area contributed by atoms with E-state index in [0.29, 0.717) is 0 Å². The summed E-state index contributed by atoms with van der Waals surface area (Å²) in [5.41, 5.74) is 1.66. The Labute approximate surface area is 187 Å². The number of hydrogen-bond acceptors (Lipinski definition) is 4. The maximum atomic E-state index is 12.4. The molecule has 0 spiro atoms. The van der Waals surface area contributed by atoms with Crippen LogP contribution in [0.3, 0.4) is 0 Å². The van der Waals surface area contributed by atoms with Gasteiger partial charge < -0.3 is 0 Å². The molecule has 3 rings (SSSR count). The van der Waals surface area contributed by atoms with Crippen LogP contribution in [0.1, 0.15) is 43.9 Å². The Hall–Kier alpha value is -3.68. The number of aromatic nitrogens is 2. The molecule has 2 heterocycles. The Balaban J connectivity index is 0.000000229. The molecule has 8 nitrogen and oxygen atoms in total. The summed E-state index contributed by atoms with van der Waals surface area (Å²) < 4.78 is 3.65. The Morgan fingerprint density at radius 2 is 1.47 bits per heavy atom. The van der Waals surface area contributed by atoms with E-state index in [2.05, 4.69) is 37.6 Å². The topological polar surface area (TPSA) is 102 Å². The number of allylic oxidation sites excluding steroid dienone is 2. The van der Waals surface area contributed by atoms with E-state index in [1.54, 1.807) is 4.68 Å². The lowest BCUT2D eigenvalue weighted by Crippen LogP contribution is -2.62. The van der Waals surface area contributed by atoms with Crippen LogP contribution >= 0.6 is 0 Å². The molecule has 32 heavy (non-hydrogen) atoms. The highest BCUT2D eigenvalue weighted by Gasteiger charge is 2.48. The maximum Gasteiger partial charge on any atom is 0.328 e. The number of barbiturate groups is 1. The summed E-state index contributed by atoms with van der Waals surface area (Å²) in [7, 11) is 1.93. The fraction of sp³-hybridized carbons (Fsp3) is 0.333. The van der Waals surface area contributed by atoms with E-state index in [1.165, 1.54) is 12.2 Å². The number of hydrogen-bond donors (Lipinski definition) is 2. The number of nitrogens with one attached hydrogen (secondary N) is 2. The summed E-state index contributed by atoms with van der Waals surface area (Å²) in [6.45, 7) is 13.1. The molecule has 1 aromatic heterocycles. The molecule has 0 atom stereocenters. The van der Waals surface area contributed by atoms with Crippen LogP contribution in [0.4, 0.5) is 4.79 Å². The van der Waals surface area contributed by atoms with Crippen LogP contribution in [0.25, 0.3) is 5.69 Å². The number of imide groups is 2. The van der Waals surface area contributed by atoms with Crippen molar-refractivity contribution in [3.63, 3.8) is 0 Å². The summed E-state index contributed by atoms with van der Waals surface area (Å²) >= 11 is 0. The number of amides is 4. The molecule has 0 saturated carbocycles. The highest BCUT2D eigenvalue weighted by molar-refractivity contribution is 6.19. The maximum absolute atomic E-state index is 12.4. The van der Waals surface area contributed by atoms with Crippen molar-refractivity contribution in [2.45, 2.75) is 39.5 Å². The summed E-state index contributed by atoms with van der Waals surface area (Å²) in [4.78, 5) is 46.5. The average Bonchev–Trinajstić information content (AvgIpc) is 2.96. The lowest BCUT2D eigenvalue weighted by atomic mass is 9.78. The van der Waals surface area contributed by atoms with Gasteiger partial charge in [-0.1, -0.05) is 44.2 Å². The SMILES string of the molecule is C=CCC1(CC=C)C(=O)NC(=O)NC1=O.Cc1c(C(C)C)c(=O)n(-c2ccccc2)n1C. The molecule has 2 N–H and O–H groups in total. The van der Waals surface area contributed by atoms with Crippen LogP contribution in [0.2, 0.25) is 0 Å². The van der Waals surface area contributed by atoms with Crippen molar-refractivity contribution in [1.29, 1.82) is 0 Å². The van der Waals surface area contributed by atoms with Gasteiger partial charge in [0.05, 0.1) is 5.69 Å². The first-order valence-corrected chi connectivity index (χ1v) is 10.3. The largest absolute Gasteiger partial charge is 0.328 e. The number of rotatable bonds is 6. The van der Waals surface area contributed by atoms with E-state index in [9.17, 15) is 19.2 Å². The minimum atomic E-state index is -1.28.